The Balaban J connectivity index is 5.15. The number of nitrogens with one attached hydrogen (secondary N) is 3. The second kappa shape index (κ2) is 13.4. The summed E-state index contributed by atoms with van der Waals surface area (Å²) in [7, 11) is 0. The van der Waals surface area contributed by atoms with Gasteiger partial charge in [0.05, 0.1) is 6.04 Å². The summed E-state index contributed by atoms with van der Waals surface area (Å²) in [5.41, 5.74) is 5.94. The molecular formula is C18H34N4O5S. The third-order valence-electron chi connectivity index (χ3n) is 4.46. The molecule has 4 unspecified atom stereocenters. The van der Waals surface area contributed by atoms with Crippen LogP contribution in [0.4, 0.5) is 0 Å². The van der Waals surface area contributed by atoms with Gasteiger partial charge in [0.25, 0.3) is 0 Å². The van der Waals surface area contributed by atoms with E-state index in [1.165, 1.54) is 11.8 Å². The van der Waals surface area contributed by atoms with Crippen molar-refractivity contribution in [3.63, 3.8) is 0 Å². The van der Waals surface area contributed by atoms with Crippen LogP contribution >= 0.6 is 11.8 Å². The largest absolute Gasteiger partial charge is 0.480 e. The highest BCUT2D eigenvalue weighted by atomic mass is 32.2. The first kappa shape index (κ1) is 26.2. The highest BCUT2D eigenvalue weighted by Crippen LogP contribution is 2.09. The number of carboxylic acids is 1. The van der Waals surface area contributed by atoms with Crippen LogP contribution in [-0.2, 0) is 19.2 Å². The quantitative estimate of drug-likeness (QED) is 0.281. The van der Waals surface area contributed by atoms with E-state index in [-0.39, 0.29) is 11.8 Å². The Kier molecular flexibility index (Phi) is 12.5. The summed E-state index contributed by atoms with van der Waals surface area (Å²) in [6, 6.07) is -2.47. The molecule has 0 aliphatic heterocycles. The molecular weight excluding hydrogens is 384 g/mol. The van der Waals surface area contributed by atoms with Gasteiger partial charge in [-0.1, -0.05) is 34.1 Å². The lowest BCUT2D eigenvalue weighted by molar-refractivity contribution is -0.138. The zero-order valence-corrected chi connectivity index (χ0v) is 18.1. The second-order valence-corrected chi connectivity index (χ2v) is 8.08. The molecule has 0 rings (SSSR count). The average molecular weight is 419 g/mol. The summed E-state index contributed by atoms with van der Waals surface area (Å²) < 4.78 is 0. The Morgan fingerprint density at radius 2 is 1.64 bits per heavy atom. The molecule has 6 N–H and O–H groups in total. The van der Waals surface area contributed by atoms with E-state index in [0.29, 0.717) is 12.2 Å². The fourth-order valence-corrected chi connectivity index (χ4v) is 2.82. The lowest BCUT2D eigenvalue weighted by Gasteiger charge is -2.27. The standard InChI is InChI=1S/C18H34N4O5S/c1-6-11(4)14(19)17(26)22-15(10(2)3)18(27)21-12(7-8-28-5)16(25)20-9-13(23)24/h10-12,14-15H,6-9,19H2,1-5H3,(H,20,25)(H,21,27)(H,22,26)(H,23,24). The molecule has 28 heavy (non-hydrogen) atoms. The molecule has 0 fully saturated rings. The number of thioether (sulfide) groups is 1. The molecule has 0 spiro atoms. The van der Waals surface area contributed by atoms with Crippen molar-refractivity contribution in [1.82, 2.24) is 16.0 Å². The first-order chi connectivity index (χ1) is 13.0. The fourth-order valence-electron chi connectivity index (χ4n) is 2.35. The number of aliphatic carboxylic acids is 1. The average Bonchev–Trinajstić information content (AvgIpc) is 2.65. The molecule has 4 atom stereocenters. The molecule has 9 nitrogen and oxygen atoms in total. The summed E-state index contributed by atoms with van der Waals surface area (Å²) >= 11 is 1.50. The Morgan fingerprint density at radius 3 is 2.11 bits per heavy atom. The summed E-state index contributed by atoms with van der Waals surface area (Å²) in [4.78, 5) is 48.0. The van der Waals surface area contributed by atoms with E-state index in [0.717, 1.165) is 6.42 Å². The number of hydrogen-bond acceptors (Lipinski definition) is 6. The molecule has 0 aliphatic rings. The molecule has 0 aromatic heterocycles. The van der Waals surface area contributed by atoms with Gasteiger partial charge in [0.2, 0.25) is 17.7 Å². The first-order valence-corrected chi connectivity index (χ1v) is 10.8. The third kappa shape index (κ3) is 9.41. The van der Waals surface area contributed by atoms with E-state index < -0.39 is 48.4 Å². The van der Waals surface area contributed by atoms with Crippen molar-refractivity contribution in [2.45, 2.75) is 58.7 Å². The van der Waals surface area contributed by atoms with E-state index in [1.54, 1.807) is 13.8 Å². The molecule has 0 bridgehead atoms. The number of carbonyl (C=O) groups excluding carboxylic acids is 3. The Labute approximate surface area is 170 Å². The van der Waals surface area contributed by atoms with Gasteiger partial charge in [-0.3, -0.25) is 19.2 Å². The summed E-state index contributed by atoms with van der Waals surface area (Å²) in [5, 5.41) is 16.3. The summed E-state index contributed by atoms with van der Waals surface area (Å²) in [6.45, 7) is 6.82. The maximum atomic E-state index is 12.7. The molecule has 0 aromatic rings. The second-order valence-electron chi connectivity index (χ2n) is 7.10. The van der Waals surface area contributed by atoms with Gasteiger partial charge >= 0.3 is 5.97 Å². The van der Waals surface area contributed by atoms with Crippen molar-refractivity contribution in [2.75, 3.05) is 18.6 Å². The normalized spacial score (nSPS) is 15.2. The van der Waals surface area contributed by atoms with Gasteiger partial charge in [0, 0.05) is 0 Å². The van der Waals surface area contributed by atoms with E-state index >= 15 is 0 Å². The SMILES string of the molecule is CCC(C)C(N)C(=O)NC(C(=O)NC(CCSC)C(=O)NCC(=O)O)C(C)C. The molecule has 0 aliphatic carbocycles. The van der Waals surface area contributed by atoms with Crippen molar-refractivity contribution in [3.05, 3.63) is 0 Å². The lowest BCUT2D eigenvalue weighted by atomic mass is 9.97. The fraction of sp³-hybridized carbons (Fsp3) is 0.778. The Bertz CT molecular complexity index is 544. The van der Waals surface area contributed by atoms with Crippen LogP contribution in [0.15, 0.2) is 0 Å². The Morgan fingerprint density at radius 1 is 1.04 bits per heavy atom. The predicted molar refractivity (Wildman–Crippen MR) is 110 cm³/mol. The minimum Gasteiger partial charge on any atom is -0.480 e. The number of hydrogen-bond donors (Lipinski definition) is 5. The lowest BCUT2D eigenvalue weighted by Crippen LogP contribution is -2.58. The van der Waals surface area contributed by atoms with Crippen LogP contribution in [0.25, 0.3) is 0 Å². The van der Waals surface area contributed by atoms with Gasteiger partial charge < -0.3 is 26.8 Å². The molecule has 0 aromatic carbocycles. The summed E-state index contributed by atoms with van der Waals surface area (Å²) in [6.07, 6.45) is 2.93. The zero-order valence-electron chi connectivity index (χ0n) is 17.3. The first-order valence-electron chi connectivity index (χ1n) is 9.39. The van der Waals surface area contributed by atoms with Crippen LogP contribution in [0.3, 0.4) is 0 Å². The van der Waals surface area contributed by atoms with Crippen LogP contribution in [-0.4, -0.2) is 65.5 Å². The highest BCUT2D eigenvalue weighted by Gasteiger charge is 2.30. The number of rotatable bonds is 13. The molecule has 3 amide bonds. The molecule has 0 heterocycles. The van der Waals surface area contributed by atoms with Gasteiger partial charge in [0.15, 0.2) is 0 Å². The number of nitrogens with two attached hydrogens (primary N) is 1. The van der Waals surface area contributed by atoms with Gasteiger partial charge in [-0.25, -0.2) is 0 Å². The van der Waals surface area contributed by atoms with Crippen LogP contribution in [0.2, 0.25) is 0 Å². The van der Waals surface area contributed by atoms with Crippen molar-refractivity contribution in [3.8, 4) is 0 Å². The maximum Gasteiger partial charge on any atom is 0.322 e. The minimum atomic E-state index is -1.17. The monoisotopic (exact) mass is 418 g/mol. The summed E-state index contributed by atoms with van der Waals surface area (Å²) in [5.74, 6) is -2.33. The van der Waals surface area contributed by atoms with E-state index in [1.807, 2.05) is 20.1 Å². The predicted octanol–water partition coefficient (Wildman–Crippen LogP) is -0.0607. The van der Waals surface area contributed by atoms with Gasteiger partial charge in [-0.2, -0.15) is 11.8 Å². The molecule has 10 heteroatoms. The van der Waals surface area contributed by atoms with Crippen molar-refractivity contribution < 1.29 is 24.3 Å². The molecule has 0 radical (unpaired) electrons. The third-order valence-corrected chi connectivity index (χ3v) is 5.11. The van der Waals surface area contributed by atoms with E-state index in [4.69, 9.17) is 10.8 Å². The van der Waals surface area contributed by atoms with Gasteiger partial charge in [-0.05, 0) is 30.3 Å². The molecule has 0 saturated carbocycles. The van der Waals surface area contributed by atoms with Crippen molar-refractivity contribution in [2.24, 2.45) is 17.6 Å². The van der Waals surface area contributed by atoms with Crippen LogP contribution in [0.1, 0.15) is 40.5 Å². The van der Waals surface area contributed by atoms with E-state index in [9.17, 15) is 19.2 Å². The van der Waals surface area contributed by atoms with Gasteiger partial charge in [-0.15, -0.1) is 0 Å². The van der Waals surface area contributed by atoms with Gasteiger partial charge in [0.1, 0.15) is 18.6 Å². The number of amides is 3. The molecule has 162 valence electrons. The smallest absolute Gasteiger partial charge is 0.322 e. The van der Waals surface area contributed by atoms with Crippen molar-refractivity contribution >= 4 is 35.5 Å². The number of carbonyl (C=O) groups is 4. The minimum absolute atomic E-state index is 0.0352. The topological polar surface area (TPSA) is 151 Å². The van der Waals surface area contributed by atoms with Crippen LogP contribution in [0, 0.1) is 11.8 Å². The Hall–Kier alpha value is -1.81. The van der Waals surface area contributed by atoms with Crippen molar-refractivity contribution in [1.29, 1.82) is 0 Å². The zero-order chi connectivity index (χ0) is 21.9. The number of carboxylic acid groups (broad SMARTS) is 1. The van der Waals surface area contributed by atoms with E-state index in [2.05, 4.69) is 16.0 Å². The molecule has 0 saturated heterocycles. The van der Waals surface area contributed by atoms with Crippen LogP contribution < -0.4 is 21.7 Å². The highest BCUT2D eigenvalue weighted by molar-refractivity contribution is 7.98. The maximum absolute atomic E-state index is 12.7. The van der Waals surface area contributed by atoms with Crippen LogP contribution in [0.5, 0.6) is 0 Å².